The van der Waals surface area contributed by atoms with Crippen LogP contribution in [0.15, 0.2) is 54.6 Å². The monoisotopic (exact) mass is 323 g/mol. The van der Waals surface area contributed by atoms with Crippen LogP contribution in [0.1, 0.15) is 17.5 Å². The number of benzene rings is 2. The molecule has 1 aromatic heterocycles. The molecule has 3 aromatic rings. The third-order valence-corrected chi connectivity index (χ3v) is 4.09. The van der Waals surface area contributed by atoms with Crippen molar-refractivity contribution < 1.29 is 9.53 Å². The Morgan fingerprint density at radius 1 is 1.17 bits per heavy atom. The van der Waals surface area contributed by atoms with Crippen LogP contribution in [0.4, 0.5) is 0 Å². The number of amides is 1. The van der Waals surface area contributed by atoms with E-state index >= 15 is 0 Å². The number of hydrogen-bond donors (Lipinski definition) is 1. The van der Waals surface area contributed by atoms with Gasteiger partial charge in [0.1, 0.15) is 12.4 Å². The molecule has 0 aliphatic carbocycles. The second-order valence-corrected chi connectivity index (χ2v) is 5.67. The summed E-state index contributed by atoms with van der Waals surface area (Å²) < 4.78 is 7.41. The van der Waals surface area contributed by atoms with E-state index in [1.807, 2.05) is 66.1 Å². The van der Waals surface area contributed by atoms with Gasteiger partial charge < -0.3 is 14.6 Å². The topological polar surface area (TPSA) is 56.1 Å². The highest BCUT2D eigenvalue weighted by Gasteiger charge is 2.14. The van der Waals surface area contributed by atoms with Gasteiger partial charge in [0.25, 0.3) is 0 Å². The third-order valence-electron chi connectivity index (χ3n) is 4.09. The Balaban J connectivity index is 1.66. The van der Waals surface area contributed by atoms with Crippen molar-refractivity contribution in [1.29, 1.82) is 0 Å². The number of hydrogen-bond acceptors (Lipinski definition) is 3. The molecule has 0 fully saturated rings. The summed E-state index contributed by atoms with van der Waals surface area (Å²) in [7, 11) is 1.65. The number of carbonyl (C=O) groups is 1. The van der Waals surface area contributed by atoms with Gasteiger partial charge in [-0.2, -0.15) is 0 Å². The lowest BCUT2D eigenvalue weighted by molar-refractivity contribution is -0.122. The predicted molar refractivity (Wildman–Crippen MR) is 93.7 cm³/mol. The minimum Gasteiger partial charge on any atom is -0.375 e. The molecule has 0 unspecified atom stereocenters. The normalized spacial score (nSPS) is 12.2. The number of ether oxygens (including phenoxy) is 1. The maximum absolute atomic E-state index is 12.3. The first-order chi connectivity index (χ1) is 11.7. The molecule has 0 radical (unpaired) electrons. The molecule has 1 amide bonds. The van der Waals surface area contributed by atoms with Crippen molar-refractivity contribution in [3.05, 3.63) is 66.0 Å². The number of aromatic nitrogens is 2. The molecule has 1 N–H and O–H groups in total. The molecule has 24 heavy (non-hydrogen) atoms. The maximum Gasteiger partial charge on any atom is 0.240 e. The molecular weight excluding hydrogens is 302 g/mol. The molecule has 5 heteroatoms. The molecule has 1 atom stereocenters. The van der Waals surface area contributed by atoms with E-state index in [-0.39, 0.29) is 18.6 Å². The largest absolute Gasteiger partial charge is 0.375 e. The zero-order chi connectivity index (χ0) is 16.9. The average molecular weight is 323 g/mol. The fourth-order valence-electron chi connectivity index (χ4n) is 2.81. The van der Waals surface area contributed by atoms with Crippen molar-refractivity contribution in [3.63, 3.8) is 0 Å². The van der Waals surface area contributed by atoms with Crippen molar-refractivity contribution in [3.8, 4) is 0 Å². The zero-order valence-corrected chi connectivity index (χ0v) is 13.9. The van der Waals surface area contributed by atoms with Crippen molar-refractivity contribution in [2.75, 3.05) is 13.7 Å². The maximum atomic E-state index is 12.3. The Morgan fingerprint density at radius 2 is 1.88 bits per heavy atom. The molecule has 124 valence electrons. The number of nitrogens with zero attached hydrogens (tertiary/aromatic N) is 2. The summed E-state index contributed by atoms with van der Waals surface area (Å²) in [5.74, 6) is 0.775. The Bertz CT molecular complexity index is 827. The van der Waals surface area contributed by atoms with Gasteiger partial charge in [0.05, 0.1) is 17.1 Å². The number of methoxy groups -OCH3 is 1. The quantitative estimate of drug-likeness (QED) is 0.759. The van der Waals surface area contributed by atoms with Gasteiger partial charge in [-0.1, -0.05) is 42.5 Å². The van der Waals surface area contributed by atoms with Gasteiger partial charge in [0.2, 0.25) is 5.91 Å². The highest BCUT2D eigenvalue weighted by Crippen LogP contribution is 2.16. The Hall–Kier alpha value is -2.66. The standard InChI is InChI=1S/C19H21N3O2/c1-14-21-16-10-6-7-11-17(16)22(14)13-19(23)20-12-18(24-2)15-8-4-3-5-9-15/h3-11,18H,12-13H2,1-2H3,(H,20,23)/t18-/m1/s1. The number of rotatable bonds is 6. The van der Waals surface area contributed by atoms with Crippen LogP contribution in [0.2, 0.25) is 0 Å². The van der Waals surface area contributed by atoms with E-state index in [0.717, 1.165) is 22.4 Å². The summed E-state index contributed by atoms with van der Waals surface area (Å²) in [5.41, 5.74) is 2.92. The molecule has 5 nitrogen and oxygen atoms in total. The van der Waals surface area contributed by atoms with Gasteiger partial charge in [-0.3, -0.25) is 4.79 Å². The first-order valence-electron chi connectivity index (χ1n) is 7.95. The van der Waals surface area contributed by atoms with E-state index < -0.39 is 0 Å². The predicted octanol–water partition coefficient (Wildman–Crippen LogP) is 2.85. The number of para-hydroxylation sites is 2. The first-order valence-corrected chi connectivity index (χ1v) is 7.95. The van der Waals surface area contributed by atoms with Gasteiger partial charge in [-0.15, -0.1) is 0 Å². The van der Waals surface area contributed by atoms with Crippen molar-refractivity contribution >= 4 is 16.9 Å². The fourth-order valence-corrected chi connectivity index (χ4v) is 2.81. The number of nitrogens with one attached hydrogen (secondary N) is 1. The number of carbonyl (C=O) groups excluding carboxylic acids is 1. The van der Waals surface area contributed by atoms with Crippen LogP contribution < -0.4 is 5.32 Å². The smallest absolute Gasteiger partial charge is 0.240 e. The van der Waals surface area contributed by atoms with Crippen LogP contribution in [-0.4, -0.2) is 29.1 Å². The minimum absolute atomic E-state index is 0.0563. The van der Waals surface area contributed by atoms with Crippen LogP contribution >= 0.6 is 0 Å². The Kier molecular flexibility index (Phi) is 4.91. The molecule has 1 heterocycles. The van der Waals surface area contributed by atoms with Crippen LogP contribution in [0.25, 0.3) is 11.0 Å². The number of fused-ring (bicyclic) bond motifs is 1. The van der Waals surface area contributed by atoms with Crippen LogP contribution in [0.3, 0.4) is 0 Å². The molecule has 0 aliphatic rings. The first kappa shape index (κ1) is 16.2. The van der Waals surface area contributed by atoms with Crippen LogP contribution in [-0.2, 0) is 16.1 Å². The summed E-state index contributed by atoms with van der Waals surface area (Å²) in [5, 5.41) is 2.95. The van der Waals surface area contributed by atoms with Crippen LogP contribution in [0, 0.1) is 6.92 Å². The van der Waals surface area contributed by atoms with Gasteiger partial charge in [-0.25, -0.2) is 4.98 Å². The second kappa shape index (κ2) is 7.27. The highest BCUT2D eigenvalue weighted by molar-refractivity contribution is 5.81. The SMILES string of the molecule is CO[C@H](CNC(=O)Cn1c(C)nc2ccccc21)c1ccccc1. The molecule has 3 rings (SSSR count). The number of aryl methyl sites for hydroxylation is 1. The van der Waals surface area contributed by atoms with Gasteiger partial charge in [0, 0.05) is 13.7 Å². The molecular formula is C19H21N3O2. The molecule has 0 saturated heterocycles. The minimum atomic E-state index is -0.157. The van der Waals surface area contributed by atoms with Gasteiger partial charge in [-0.05, 0) is 24.6 Å². The van der Waals surface area contributed by atoms with E-state index in [2.05, 4.69) is 10.3 Å². The molecule has 2 aromatic carbocycles. The van der Waals surface area contributed by atoms with E-state index in [4.69, 9.17) is 4.74 Å². The van der Waals surface area contributed by atoms with E-state index in [0.29, 0.717) is 6.54 Å². The lowest BCUT2D eigenvalue weighted by Crippen LogP contribution is -2.32. The van der Waals surface area contributed by atoms with Crippen LogP contribution in [0.5, 0.6) is 0 Å². The van der Waals surface area contributed by atoms with Crippen molar-refractivity contribution in [2.45, 2.75) is 19.6 Å². The Labute approximate surface area is 141 Å². The fraction of sp³-hybridized carbons (Fsp3) is 0.263. The highest BCUT2D eigenvalue weighted by atomic mass is 16.5. The molecule has 0 aliphatic heterocycles. The van der Waals surface area contributed by atoms with E-state index in [9.17, 15) is 4.79 Å². The van der Waals surface area contributed by atoms with E-state index in [1.54, 1.807) is 7.11 Å². The third kappa shape index (κ3) is 3.46. The van der Waals surface area contributed by atoms with Gasteiger partial charge in [0.15, 0.2) is 0 Å². The van der Waals surface area contributed by atoms with E-state index in [1.165, 1.54) is 0 Å². The lowest BCUT2D eigenvalue weighted by atomic mass is 10.1. The van der Waals surface area contributed by atoms with Gasteiger partial charge >= 0.3 is 0 Å². The lowest BCUT2D eigenvalue weighted by Gasteiger charge is -2.17. The summed E-state index contributed by atoms with van der Waals surface area (Å²) in [6.07, 6.45) is -0.157. The zero-order valence-electron chi connectivity index (χ0n) is 13.9. The molecule has 0 bridgehead atoms. The number of imidazole rings is 1. The summed E-state index contributed by atoms with van der Waals surface area (Å²) in [6, 6.07) is 17.7. The average Bonchev–Trinajstić information content (AvgIpc) is 2.92. The summed E-state index contributed by atoms with van der Waals surface area (Å²) in [4.78, 5) is 16.8. The molecule has 0 spiro atoms. The molecule has 0 saturated carbocycles. The summed E-state index contributed by atoms with van der Waals surface area (Å²) >= 11 is 0. The Morgan fingerprint density at radius 3 is 2.62 bits per heavy atom. The van der Waals surface area contributed by atoms with Crippen molar-refractivity contribution in [1.82, 2.24) is 14.9 Å². The van der Waals surface area contributed by atoms with Crippen molar-refractivity contribution in [2.24, 2.45) is 0 Å². The second-order valence-electron chi connectivity index (χ2n) is 5.67. The summed E-state index contributed by atoms with van der Waals surface area (Å²) in [6.45, 7) is 2.60.